The van der Waals surface area contributed by atoms with E-state index in [1.807, 2.05) is 25.1 Å². The van der Waals surface area contributed by atoms with Crippen LogP contribution in [0.1, 0.15) is 37.8 Å². The summed E-state index contributed by atoms with van der Waals surface area (Å²) in [5, 5.41) is 0. The number of benzene rings is 1. The van der Waals surface area contributed by atoms with E-state index in [-0.39, 0.29) is 29.7 Å². The van der Waals surface area contributed by atoms with Crippen LogP contribution in [0.15, 0.2) is 24.3 Å². The molecular formula is C15H18N2O2. The fraction of sp³-hybridized carbons (Fsp3) is 0.467. The molecule has 4 heteroatoms. The first kappa shape index (κ1) is 12.2. The molecule has 4 nitrogen and oxygen atoms in total. The van der Waals surface area contributed by atoms with Gasteiger partial charge in [-0.2, -0.15) is 0 Å². The van der Waals surface area contributed by atoms with E-state index in [0.717, 1.165) is 24.8 Å². The number of nitrogens with zero attached hydrogens (tertiary/aromatic N) is 1. The second-order valence-electron chi connectivity index (χ2n) is 5.54. The first-order valence-electron chi connectivity index (χ1n) is 6.82. The number of hydrogen-bond donors (Lipinski definition) is 1. The molecule has 1 saturated carbocycles. The van der Waals surface area contributed by atoms with Crippen LogP contribution in [0.4, 0.5) is 5.69 Å². The van der Waals surface area contributed by atoms with Gasteiger partial charge in [0.2, 0.25) is 11.8 Å². The quantitative estimate of drug-likeness (QED) is 0.652. The summed E-state index contributed by atoms with van der Waals surface area (Å²) in [4.78, 5) is 26.2. The Balaban J connectivity index is 1.90. The molecule has 2 fully saturated rings. The molecule has 2 amide bonds. The lowest BCUT2D eigenvalue weighted by molar-refractivity contribution is -0.142. The van der Waals surface area contributed by atoms with Gasteiger partial charge in [-0.1, -0.05) is 18.6 Å². The lowest BCUT2D eigenvalue weighted by atomic mass is 10.00. The molecule has 0 radical (unpaired) electrons. The van der Waals surface area contributed by atoms with Crippen LogP contribution in [0.5, 0.6) is 0 Å². The smallest absolute Gasteiger partial charge is 0.233 e. The molecule has 1 heterocycles. The predicted molar refractivity (Wildman–Crippen MR) is 72.0 cm³/mol. The van der Waals surface area contributed by atoms with Gasteiger partial charge >= 0.3 is 0 Å². The zero-order chi connectivity index (χ0) is 13.6. The van der Waals surface area contributed by atoms with Crippen LogP contribution in [0, 0.1) is 11.8 Å². The average Bonchev–Trinajstić information content (AvgIpc) is 2.94. The maximum atomic E-state index is 12.4. The molecule has 0 bridgehead atoms. The summed E-state index contributed by atoms with van der Waals surface area (Å²) in [5.41, 5.74) is 7.34. The molecule has 1 aliphatic carbocycles. The number of anilines is 1. The monoisotopic (exact) mass is 258 g/mol. The van der Waals surface area contributed by atoms with Crippen molar-refractivity contribution < 1.29 is 9.59 Å². The molecule has 2 aliphatic rings. The van der Waals surface area contributed by atoms with Crippen molar-refractivity contribution >= 4 is 17.5 Å². The summed E-state index contributed by atoms with van der Waals surface area (Å²) in [6.45, 7) is 1.89. The summed E-state index contributed by atoms with van der Waals surface area (Å²) in [7, 11) is 0. The second kappa shape index (κ2) is 4.37. The third-order valence-corrected chi connectivity index (χ3v) is 4.41. The van der Waals surface area contributed by atoms with Crippen LogP contribution in [-0.4, -0.2) is 16.7 Å². The molecule has 1 saturated heterocycles. The van der Waals surface area contributed by atoms with Crippen LogP contribution in [-0.2, 0) is 9.59 Å². The van der Waals surface area contributed by atoms with Gasteiger partial charge in [0, 0.05) is 5.69 Å². The van der Waals surface area contributed by atoms with Crippen molar-refractivity contribution in [3.8, 4) is 0 Å². The highest BCUT2D eigenvalue weighted by Gasteiger charge is 2.51. The molecule has 1 aliphatic heterocycles. The fourth-order valence-electron chi connectivity index (χ4n) is 3.37. The Morgan fingerprint density at radius 3 is 2.42 bits per heavy atom. The number of imide groups is 1. The van der Waals surface area contributed by atoms with E-state index in [1.54, 1.807) is 6.07 Å². The SMILES string of the molecule is CC(c1cccc(N)c1)N1C(=O)C2CCCC2C1=O. The van der Waals surface area contributed by atoms with Crippen molar-refractivity contribution in [2.75, 3.05) is 5.73 Å². The summed E-state index contributed by atoms with van der Waals surface area (Å²) < 4.78 is 0. The molecule has 0 spiro atoms. The minimum atomic E-state index is -0.228. The van der Waals surface area contributed by atoms with Gasteiger partial charge in [0.15, 0.2) is 0 Å². The lowest BCUT2D eigenvalue weighted by Gasteiger charge is -2.24. The Morgan fingerprint density at radius 2 is 1.84 bits per heavy atom. The van der Waals surface area contributed by atoms with Gasteiger partial charge < -0.3 is 5.73 Å². The van der Waals surface area contributed by atoms with Crippen molar-refractivity contribution in [2.24, 2.45) is 11.8 Å². The zero-order valence-electron chi connectivity index (χ0n) is 11.0. The van der Waals surface area contributed by atoms with Gasteiger partial charge in [-0.05, 0) is 37.5 Å². The van der Waals surface area contributed by atoms with Crippen molar-refractivity contribution in [3.05, 3.63) is 29.8 Å². The Labute approximate surface area is 112 Å². The largest absolute Gasteiger partial charge is 0.399 e. The van der Waals surface area contributed by atoms with E-state index >= 15 is 0 Å². The van der Waals surface area contributed by atoms with Gasteiger partial charge in [0.1, 0.15) is 0 Å². The molecular weight excluding hydrogens is 240 g/mol. The highest BCUT2D eigenvalue weighted by atomic mass is 16.2. The van der Waals surface area contributed by atoms with Crippen molar-refractivity contribution in [2.45, 2.75) is 32.2 Å². The van der Waals surface area contributed by atoms with E-state index in [2.05, 4.69) is 0 Å². The van der Waals surface area contributed by atoms with Gasteiger partial charge in [0.25, 0.3) is 0 Å². The second-order valence-corrected chi connectivity index (χ2v) is 5.54. The van der Waals surface area contributed by atoms with Crippen molar-refractivity contribution in [1.82, 2.24) is 4.90 Å². The van der Waals surface area contributed by atoms with Gasteiger partial charge in [0.05, 0.1) is 17.9 Å². The van der Waals surface area contributed by atoms with Crippen LogP contribution in [0.3, 0.4) is 0 Å². The number of rotatable bonds is 2. The highest BCUT2D eigenvalue weighted by Crippen LogP contribution is 2.42. The Hall–Kier alpha value is -1.84. The van der Waals surface area contributed by atoms with Crippen molar-refractivity contribution in [1.29, 1.82) is 0 Å². The number of carbonyl (C=O) groups excluding carboxylic acids is 2. The Morgan fingerprint density at radius 1 is 1.21 bits per heavy atom. The minimum absolute atomic E-state index is 0.00224. The molecule has 1 aromatic carbocycles. The predicted octanol–water partition coefficient (Wildman–Crippen LogP) is 2.11. The standard InChI is InChI=1S/C15H18N2O2/c1-9(10-4-2-5-11(16)8-10)17-14(18)12-6-3-7-13(12)15(17)19/h2,4-5,8-9,12-13H,3,6-7,16H2,1H3. The molecule has 3 atom stereocenters. The van der Waals surface area contributed by atoms with E-state index in [1.165, 1.54) is 4.90 Å². The fourth-order valence-corrected chi connectivity index (χ4v) is 3.37. The van der Waals surface area contributed by atoms with Crippen LogP contribution in [0.25, 0.3) is 0 Å². The molecule has 2 N–H and O–H groups in total. The number of carbonyl (C=O) groups is 2. The molecule has 19 heavy (non-hydrogen) atoms. The minimum Gasteiger partial charge on any atom is -0.399 e. The number of fused-ring (bicyclic) bond motifs is 1. The number of amides is 2. The van der Waals surface area contributed by atoms with Crippen LogP contribution in [0.2, 0.25) is 0 Å². The topological polar surface area (TPSA) is 63.4 Å². The third-order valence-electron chi connectivity index (χ3n) is 4.41. The van der Waals surface area contributed by atoms with Crippen LogP contribution < -0.4 is 5.73 Å². The number of hydrogen-bond acceptors (Lipinski definition) is 3. The Kier molecular flexibility index (Phi) is 2.81. The van der Waals surface area contributed by atoms with Crippen molar-refractivity contribution in [3.63, 3.8) is 0 Å². The third kappa shape index (κ3) is 1.82. The van der Waals surface area contributed by atoms with E-state index in [0.29, 0.717) is 5.69 Å². The van der Waals surface area contributed by atoms with E-state index in [9.17, 15) is 9.59 Å². The van der Waals surface area contributed by atoms with E-state index in [4.69, 9.17) is 5.73 Å². The normalized spacial score (nSPS) is 27.7. The summed E-state index contributed by atoms with van der Waals surface area (Å²) >= 11 is 0. The maximum Gasteiger partial charge on any atom is 0.233 e. The first-order valence-corrected chi connectivity index (χ1v) is 6.82. The van der Waals surface area contributed by atoms with Gasteiger partial charge in [-0.25, -0.2) is 0 Å². The number of nitrogens with two attached hydrogens (primary N) is 1. The van der Waals surface area contributed by atoms with Gasteiger partial charge in [-0.3, -0.25) is 14.5 Å². The lowest BCUT2D eigenvalue weighted by Crippen LogP contribution is -2.34. The molecule has 3 unspecified atom stereocenters. The summed E-state index contributed by atoms with van der Waals surface area (Å²) in [5.74, 6) is -0.142. The maximum absolute atomic E-state index is 12.4. The number of nitrogen functional groups attached to an aromatic ring is 1. The van der Waals surface area contributed by atoms with Gasteiger partial charge in [-0.15, -0.1) is 0 Å². The average molecular weight is 258 g/mol. The molecule has 100 valence electrons. The van der Waals surface area contributed by atoms with Crippen LogP contribution >= 0.6 is 0 Å². The molecule has 1 aromatic rings. The van der Waals surface area contributed by atoms with E-state index < -0.39 is 0 Å². The number of likely N-dealkylation sites (tertiary alicyclic amines) is 1. The first-order chi connectivity index (χ1) is 9.09. The molecule has 0 aromatic heterocycles. The Bertz CT molecular complexity index is 519. The summed E-state index contributed by atoms with van der Waals surface area (Å²) in [6, 6.07) is 7.18. The zero-order valence-corrected chi connectivity index (χ0v) is 11.0. The summed E-state index contributed by atoms with van der Waals surface area (Å²) in [6.07, 6.45) is 2.71. The highest BCUT2D eigenvalue weighted by molar-refractivity contribution is 6.05. The molecule has 3 rings (SSSR count).